The van der Waals surface area contributed by atoms with Crippen LogP contribution in [0.3, 0.4) is 0 Å². The molecule has 0 spiro atoms. The van der Waals surface area contributed by atoms with Crippen molar-refractivity contribution in [1.82, 2.24) is 14.1 Å². The second kappa shape index (κ2) is 6.14. The van der Waals surface area contributed by atoms with Crippen molar-refractivity contribution >= 4 is 22.6 Å². The molecule has 29 heavy (non-hydrogen) atoms. The van der Waals surface area contributed by atoms with Crippen molar-refractivity contribution in [3.05, 3.63) is 85.5 Å². The molecule has 6 nitrogen and oxygen atoms in total. The molecule has 0 saturated carbocycles. The van der Waals surface area contributed by atoms with Crippen molar-refractivity contribution < 1.29 is 5.11 Å². The molecule has 2 aromatic carbocycles. The number of hydrogen-bond acceptors (Lipinski definition) is 4. The molecule has 0 radical (unpaired) electrons. The van der Waals surface area contributed by atoms with Crippen molar-refractivity contribution in [2.24, 2.45) is 14.1 Å². The highest BCUT2D eigenvalue weighted by Crippen LogP contribution is 2.48. The summed E-state index contributed by atoms with van der Waals surface area (Å²) in [5.41, 5.74) is 3.21. The van der Waals surface area contributed by atoms with Gasteiger partial charge in [-0.15, -0.1) is 0 Å². The first kappa shape index (κ1) is 17.8. The Morgan fingerprint density at radius 2 is 1.79 bits per heavy atom. The highest BCUT2D eigenvalue weighted by molar-refractivity contribution is 6.31. The average Bonchev–Trinajstić information content (AvgIpc) is 3.01. The summed E-state index contributed by atoms with van der Waals surface area (Å²) in [7, 11) is 3.02. The predicted octanol–water partition coefficient (Wildman–Crippen LogP) is 3.01. The van der Waals surface area contributed by atoms with E-state index in [1.165, 1.54) is 11.6 Å². The second-order valence-electron chi connectivity index (χ2n) is 7.15. The topological polar surface area (TPSA) is 77.1 Å². The summed E-state index contributed by atoms with van der Waals surface area (Å²) in [5, 5.41) is 11.9. The Bertz CT molecular complexity index is 1450. The van der Waals surface area contributed by atoms with Crippen LogP contribution >= 0.6 is 11.6 Å². The van der Waals surface area contributed by atoms with Gasteiger partial charge in [-0.3, -0.25) is 13.9 Å². The third-order valence-corrected chi connectivity index (χ3v) is 5.76. The van der Waals surface area contributed by atoms with Gasteiger partial charge in [0.1, 0.15) is 6.10 Å². The molecule has 1 aliphatic rings. The van der Waals surface area contributed by atoms with Crippen LogP contribution in [0, 0.1) is 0 Å². The maximum Gasteiger partial charge on any atom is 0.332 e. The molecule has 0 bridgehead atoms. The first-order valence-electron chi connectivity index (χ1n) is 9.07. The van der Waals surface area contributed by atoms with Crippen molar-refractivity contribution in [3.63, 3.8) is 0 Å². The van der Waals surface area contributed by atoms with E-state index in [0.717, 1.165) is 15.7 Å². The maximum atomic E-state index is 13.2. The van der Waals surface area contributed by atoms with E-state index in [2.05, 4.69) is 4.98 Å². The van der Waals surface area contributed by atoms with Crippen molar-refractivity contribution in [1.29, 1.82) is 0 Å². The summed E-state index contributed by atoms with van der Waals surface area (Å²) >= 11 is 6.23. The number of aliphatic hydroxyl groups is 1. The van der Waals surface area contributed by atoms with E-state index in [1.54, 1.807) is 25.2 Å². The lowest BCUT2D eigenvalue weighted by atomic mass is 9.94. The molecular weight excluding hydrogens is 390 g/mol. The number of fused-ring (bicyclic) bond motifs is 4. The molecule has 0 fully saturated rings. The molecule has 2 aromatic heterocycles. The number of aromatic nitrogens is 3. The number of nitrogens with zero attached hydrogens (tertiary/aromatic N) is 3. The van der Waals surface area contributed by atoms with Gasteiger partial charge in [-0.25, -0.2) is 9.78 Å². The second-order valence-corrected chi connectivity index (χ2v) is 7.59. The van der Waals surface area contributed by atoms with Crippen molar-refractivity contribution in [2.75, 3.05) is 0 Å². The molecule has 0 aliphatic heterocycles. The lowest BCUT2D eigenvalue weighted by Gasteiger charge is -2.17. The minimum absolute atomic E-state index is 0.274. The zero-order chi connectivity index (χ0) is 20.4. The predicted molar refractivity (Wildman–Crippen MR) is 112 cm³/mol. The Balaban J connectivity index is 2.07. The van der Waals surface area contributed by atoms with Crippen LogP contribution in [0.15, 0.2) is 58.1 Å². The van der Waals surface area contributed by atoms with Gasteiger partial charge in [0.15, 0.2) is 5.65 Å². The van der Waals surface area contributed by atoms with E-state index >= 15 is 0 Å². The molecule has 0 amide bonds. The van der Waals surface area contributed by atoms with Crippen LogP contribution in [0.2, 0.25) is 5.02 Å². The molecule has 1 aliphatic carbocycles. The Labute approximate surface area is 170 Å². The van der Waals surface area contributed by atoms with Gasteiger partial charge in [-0.2, -0.15) is 0 Å². The van der Waals surface area contributed by atoms with Crippen LogP contribution in [0.1, 0.15) is 17.2 Å². The molecule has 2 heterocycles. The van der Waals surface area contributed by atoms with E-state index in [4.69, 9.17) is 11.6 Å². The van der Waals surface area contributed by atoms with Crippen molar-refractivity contribution in [3.8, 4) is 22.4 Å². The SMILES string of the molecule is Cn1c(=O)c2c(-c3cccc(Cl)c3)c3c(nc2n(C)c1=O)-c1ccccc1[C@@H]3O. The number of aliphatic hydroxyl groups excluding tert-OH is 1. The monoisotopic (exact) mass is 405 g/mol. The van der Waals surface area contributed by atoms with Gasteiger partial charge in [-0.05, 0) is 23.3 Å². The molecule has 144 valence electrons. The lowest BCUT2D eigenvalue weighted by molar-refractivity contribution is 0.225. The summed E-state index contributed by atoms with van der Waals surface area (Å²) in [4.78, 5) is 30.4. The molecule has 4 aromatic rings. The van der Waals surface area contributed by atoms with E-state index in [9.17, 15) is 14.7 Å². The van der Waals surface area contributed by atoms with E-state index in [-0.39, 0.29) is 11.0 Å². The van der Waals surface area contributed by atoms with Crippen LogP contribution in [-0.2, 0) is 14.1 Å². The van der Waals surface area contributed by atoms with Gasteiger partial charge in [0, 0.05) is 35.8 Å². The highest BCUT2D eigenvalue weighted by atomic mass is 35.5. The standard InChI is InChI=1S/C22H16ClN3O3/c1-25-20-17(21(28)26(2)22(25)29)15(11-6-5-7-12(23)10-11)16-18(24-20)13-8-3-4-9-14(13)19(16)27/h3-10,19,27H,1-2H3/t19-/m0/s1. The van der Waals surface area contributed by atoms with E-state index < -0.39 is 17.4 Å². The molecule has 0 saturated heterocycles. The zero-order valence-electron chi connectivity index (χ0n) is 15.7. The van der Waals surface area contributed by atoms with Gasteiger partial charge in [-0.1, -0.05) is 48.0 Å². The fourth-order valence-electron chi connectivity index (χ4n) is 4.12. The van der Waals surface area contributed by atoms with E-state index in [0.29, 0.717) is 27.4 Å². The largest absolute Gasteiger partial charge is 0.384 e. The fourth-order valence-corrected chi connectivity index (χ4v) is 4.31. The van der Waals surface area contributed by atoms with Crippen LogP contribution in [-0.4, -0.2) is 19.2 Å². The maximum absolute atomic E-state index is 13.2. The van der Waals surface area contributed by atoms with Gasteiger partial charge < -0.3 is 5.11 Å². The summed E-state index contributed by atoms with van der Waals surface area (Å²) in [6.07, 6.45) is -0.936. The number of aryl methyl sites for hydroxylation is 1. The summed E-state index contributed by atoms with van der Waals surface area (Å²) < 4.78 is 2.41. The van der Waals surface area contributed by atoms with Gasteiger partial charge >= 0.3 is 5.69 Å². The van der Waals surface area contributed by atoms with Gasteiger partial charge in [0.05, 0.1) is 11.1 Å². The summed E-state index contributed by atoms with van der Waals surface area (Å²) in [5.74, 6) is 0. The molecule has 1 atom stereocenters. The molecule has 1 N–H and O–H groups in total. The molecule has 0 unspecified atom stereocenters. The number of benzene rings is 2. The Morgan fingerprint density at radius 1 is 1.03 bits per heavy atom. The fraction of sp³-hybridized carbons (Fsp3) is 0.136. The zero-order valence-corrected chi connectivity index (χ0v) is 16.4. The molecule has 7 heteroatoms. The van der Waals surface area contributed by atoms with Crippen LogP contribution in [0.5, 0.6) is 0 Å². The van der Waals surface area contributed by atoms with Crippen molar-refractivity contribution in [2.45, 2.75) is 6.10 Å². The highest BCUT2D eigenvalue weighted by Gasteiger charge is 2.34. The quantitative estimate of drug-likeness (QED) is 0.528. The Kier molecular flexibility index (Phi) is 3.78. The van der Waals surface area contributed by atoms with E-state index in [1.807, 2.05) is 30.3 Å². The lowest BCUT2D eigenvalue weighted by Crippen LogP contribution is -2.37. The van der Waals surface area contributed by atoms with Crippen LogP contribution in [0.25, 0.3) is 33.4 Å². The van der Waals surface area contributed by atoms with Gasteiger partial charge in [0.25, 0.3) is 5.56 Å². The molecular formula is C22H16ClN3O3. The average molecular weight is 406 g/mol. The summed E-state index contributed by atoms with van der Waals surface area (Å²) in [6.45, 7) is 0. The number of pyridine rings is 1. The minimum Gasteiger partial charge on any atom is -0.384 e. The minimum atomic E-state index is -0.936. The van der Waals surface area contributed by atoms with Gasteiger partial charge in [0.2, 0.25) is 0 Å². The third-order valence-electron chi connectivity index (χ3n) is 5.52. The number of rotatable bonds is 1. The third kappa shape index (κ3) is 2.36. The first-order valence-corrected chi connectivity index (χ1v) is 9.45. The molecule has 5 rings (SSSR count). The number of halogens is 1. The van der Waals surface area contributed by atoms with Crippen LogP contribution < -0.4 is 11.2 Å². The number of hydrogen-bond donors (Lipinski definition) is 1. The normalized spacial score (nSPS) is 14.8. The Hall–Kier alpha value is -3.22. The summed E-state index contributed by atoms with van der Waals surface area (Å²) in [6, 6.07) is 14.6. The smallest absolute Gasteiger partial charge is 0.332 e. The Morgan fingerprint density at radius 3 is 2.55 bits per heavy atom. The van der Waals surface area contributed by atoms with Crippen LogP contribution in [0.4, 0.5) is 0 Å². The first-order chi connectivity index (χ1) is 13.9.